The molecule has 0 saturated carbocycles. The zero-order valence-electron chi connectivity index (χ0n) is 7.78. The highest BCUT2D eigenvalue weighted by atomic mass is 31.2. The van der Waals surface area contributed by atoms with Crippen molar-refractivity contribution in [3.8, 4) is 0 Å². The second kappa shape index (κ2) is 5.70. The molecule has 5 heteroatoms. The van der Waals surface area contributed by atoms with Gasteiger partial charge < -0.3 is 18.9 Å². The maximum atomic E-state index is 11.3. The topological polar surface area (TPSA) is 58.6 Å². The van der Waals surface area contributed by atoms with Crippen molar-refractivity contribution in [2.24, 2.45) is 0 Å². The molecule has 0 saturated heterocycles. The van der Waals surface area contributed by atoms with Gasteiger partial charge in [0.1, 0.15) is 0 Å². The molecule has 0 aromatic carbocycles. The van der Waals surface area contributed by atoms with Gasteiger partial charge in [0, 0.05) is 14.2 Å². The van der Waals surface area contributed by atoms with Crippen molar-refractivity contribution in [2.45, 2.75) is 25.8 Å². The van der Waals surface area contributed by atoms with Gasteiger partial charge >= 0.3 is 0 Å². The van der Waals surface area contributed by atoms with Crippen LogP contribution < -0.4 is 4.89 Å². The van der Waals surface area contributed by atoms with E-state index in [1.807, 2.05) is 6.92 Å². The van der Waals surface area contributed by atoms with Crippen LogP contribution in [0.5, 0.6) is 0 Å². The summed E-state index contributed by atoms with van der Waals surface area (Å²) in [4.78, 5) is 11.3. The van der Waals surface area contributed by atoms with Crippen LogP contribution in [-0.2, 0) is 14.0 Å². The predicted octanol–water partition coefficient (Wildman–Crippen LogP) is 1.00. The van der Waals surface area contributed by atoms with Gasteiger partial charge in [-0.05, 0) is 12.6 Å². The molecule has 1 unspecified atom stereocenters. The van der Waals surface area contributed by atoms with Crippen LogP contribution in [-0.4, -0.2) is 26.4 Å². The second-order valence-corrected chi connectivity index (χ2v) is 4.90. The van der Waals surface area contributed by atoms with Crippen molar-refractivity contribution in [1.29, 1.82) is 0 Å². The Hall–Kier alpha value is 0.110. The minimum absolute atomic E-state index is 0.149. The third-order valence-corrected chi connectivity index (χ3v) is 3.55. The molecular weight excluding hydrogens is 179 g/mol. The third-order valence-electron chi connectivity index (χ3n) is 1.55. The highest BCUT2D eigenvalue weighted by Gasteiger charge is 2.20. The number of hydrogen-bond acceptors (Lipinski definition) is 4. The Balaban J connectivity index is 4.06. The average Bonchev–Trinajstić information content (AvgIpc) is 2.03. The number of hydrogen-bond donors (Lipinski definition) is 0. The Labute approximate surface area is 73.3 Å². The molecule has 0 bridgehead atoms. The van der Waals surface area contributed by atoms with E-state index in [9.17, 15) is 9.46 Å². The molecule has 0 aliphatic carbocycles. The molecule has 0 heterocycles. The van der Waals surface area contributed by atoms with Crippen LogP contribution in [0.3, 0.4) is 0 Å². The maximum Gasteiger partial charge on any atom is 0.197 e. The summed E-state index contributed by atoms with van der Waals surface area (Å²) in [7, 11) is -0.865. The van der Waals surface area contributed by atoms with Gasteiger partial charge in [-0.1, -0.05) is 13.3 Å². The van der Waals surface area contributed by atoms with Crippen LogP contribution in [0.25, 0.3) is 0 Å². The zero-order chi connectivity index (χ0) is 9.61. The molecule has 74 valence electrons. The summed E-state index contributed by atoms with van der Waals surface area (Å²) in [5.74, 6) is 0. The molecule has 0 aromatic heterocycles. The highest BCUT2D eigenvalue weighted by molar-refractivity contribution is 7.56. The maximum absolute atomic E-state index is 11.3. The lowest BCUT2D eigenvalue weighted by molar-refractivity contribution is -0.202. The van der Waals surface area contributed by atoms with Crippen LogP contribution in [0.4, 0.5) is 0 Å². The Morgan fingerprint density at radius 2 is 1.92 bits per heavy atom. The standard InChI is InChI=1S/C7H17O4P/c1-4-5-6-12(8,9)7(10-2)11-3/h7H,4-6H2,1-3H3,(H,8,9)/p-1. The molecule has 0 aliphatic rings. The van der Waals surface area contributed by atoms with Crippen molar-refractivity contribution in [2.75, 3.05) is 20.4 Å². The van der Waals surface area contributed by atoms with Crippen molar-refractivity contribution in [3.63, 3.8) is 0 Å². The molecule has 1 atom stereocenters. The smallest absolute Gasteiger partial charge is 0.197 e. The van der Waals surface area contributed by atoms with E-state index in [4.69, 9.17) is 0 Å². The SMILES string of the molecule is CCCCP(=O)([O-])C(OC)OC. The largest absolute Gasteiger partial charge is 0.796 e. The number of ether oxygens (including phenoxy) is 2. The van der Waals surface area contributed by atoms with E-state index in [-0.39, 0.29) is 6.16 Å². The number of rotatable bonds is 6. The van der Waals surface area contributed by atoms with Gasteiger partial charge in [-0.15, -0.1) is 0 Å². The van der Waals surface area contributed by atoms with E-state index in [0.717, 1.165) is 6.42 Å². The summed E-state index contributed by atoms with van der Waals surface area (Å²) >= 11 is 0. The van der Waals surface area contributed by atoms with E-state index in [1.165, 1.54) is 14.2 Å². The molecule has 0 radical (unpaired) electrons. The fourth-order valence-corrected chi connectivity index (χ4v) is 2.51. The first-order valence-corrected chi connectivity index (χ1v) is 5.81. The van der Waals surface area contributed by atoms with E-state index in [0.29, 0.717) is 6.42 Å². The third kappa shape index (κ3) is 3.68. The predicted molar refractivity (Wildman–Crippen MR) is 45.2 cm³/mol. The summed E-state index contributed by atoms with van der Waals surface area (Å²) in [6.45, 7) is 1.94. The first-order valence-electron chi connectivity index (χ1n) is 3.93. The molecule has 12 heavy (non-hydrogen) atoms. The Kier molecular flexibility index (Phi) is 5.76. The molecule has 4 nitrogen and oxygen atoms in total. The fraction of sp³-hybridized carbons (Fsp3) is 1.00. The average molecular weight is 195 g/mol. The highest BCUT2D eigenvalue weighted by Crippen LogP contribution is 2.42. The first-order chi connectivity index (χ1) is 5.58. The summed E-state index contributed by atoms with van der Waals surface area (Å²) in [6, 6.07) is -1.08. The van der Waals surface area contributed by atoms with Crippen molar-refractivity contribution < 1.29 is 18.9 Å². The van der Waals surface area contributed by atoms with Gasteiger partial charge in [0.25, 0.3) is 0 Å². The van der Waals surface area contributed by atoms with Gasteiger partial charge in [-0.25, -0.2) is 0 Å². The lowest BCUT2D eigenvalue weighted by Crippen LogP contribution is -2.23. The fourth-order valence-electron chi connectivity index (χ4n) is 0.901. The normalized spacial score (nSPS) is 16.4. The van der Waals surface area contributed by atoms with Gasteiger partial charge in [0.2, 0.25) is 0 Å². The van der Waals surface area contributed by atoms with Gasteiger partial charge in [0.05, 0.1) is 7.37 Å². The molecular formula is C7H16O4P-. The first kappa shape index (κ1) is 12.1. The van der Waals surface area contributed by atoms with Crippen LogP contribution in [0.2, 0.25) is 0 Å². The summed E-state index contributed by atoms with van der Waals surface area (Å²) in [5.41, 5.74) is 0. The van der Waals surface area contributed by atoms with Gasteiger partial charge in [-0.3, -0.25) is 0 Å². The Morgan fingerprint density at radius 3 is 2.25 bits per heavy atom. The quantitative estimate of drug-likeness (QED) is 0.468. The van der Waals surface area contributed by atoms with Crippen LogP contribution in [0, 0.1) is 0 Å². The van der Waals surface area contributed by atoms with Crippen molar-refractivity contribution >= 4 is 7.37 Å². The lowest BCUT2D eigenvalue weighted by Gasteiger charge is -2.29. The Morgan fingerprint density at radius 1 is 1.42 bits per heavy atom. The van der Waals surface area contributed by atoms with Crippen LogP contribution in [0.1, 0.15) is 19.8 Å². The molecule has 0 rings (SSSR count). The number of methoxy groups -OCH3 is 2. The Bertz CT molecular complexity index is 155. The van der Waals surface area contributed by atoms with E-state index in [1.54, 1.807) is 0 Å². The van der Waals surface area contributed by atoms with Crippen molar-refractivity contribution in [1.82, 2.24) is 0 Å². The van der Waals surface area contributed by atoms with Crippen molar-refractivity contribution in [3.05, 3.63) is 0 Å². The lowest BCUT2D eigenvalue weighted by atomic mass is 10.4. The van der Waals surface area contributed by atoms with E-state index < -0.39 is 13.4 Å². The zero-order valence-corrected chi connectivity index (χ0v) is 8.67. The van der Waals surface area contributed by atoms with Crippen LogP contribution in [0.15, 0.2) is 0 Å². The summed E-state index contributed by atoms with van der Waals surface area (Å²) in [6.07, 6.45) is 1.66. The molecule has 0 aromatic rings. The van der Waals surface area contributed by atoms with E-state index in [2.05, 4.69) is 9.47 Å². The molecule has 0 amide bonds. The number of unbranched alkanes of at least 4 members (excludes halogenated alkanes) is 1. The second-order valence-electron chi connectivity index (χ2n) is 2.58. The minimum Gasteiger partial charge on any atom is -0.796 e. The summed E-state index contributed by atoms with van der Waals surface area (Å²) in [5, 5.41) is 0. The van der Waals surface area contributed by atoms with E-state index >= 15 is 0 Å². The molecule has 0 spiro atoms. The minimum atomic E-state index is -3.51. The molecule has 0 fully saturated rings. The summed E-state index contributed by atoms with van der Waals surface area (Å²) < 4.78 is 20.7. The van der Waals surface area contributed by atoms with Crippen LogP contribution >= 0.6 is 7.37 Å². The van der Waals surface area contributed by atoms with Gasteiger partial charge in [-0.2, -0.15) is 0 Å². The van der Waals surface area contributed by atoms with Gasteiger partial charge in [0.15, 0.2) is 6.03 Å². The molecule has 0 N–H and O–H groups in total. The monoisotopic (exact) mass is 195 g/mol. The molecule has 0 aliphatic heterocycles.